The van der Waals surface area contributed by atoms with Crippen LogP contribution in [0.3, 0.4) is 0 Å². The van der Waals surface area contributed by atoms with Crippen LogP contribution in [-0.4, -0.2) is 13.4 Å². The predicted octanol–water partition coefficient (Wildman–Crippen LogP) is 1.58. The van der Waals surface area contributed by atoms with Crippen molar-refractivity contribution in [3.05, 3.63) is 47.1 Å². The third kappa shape index (κ3) is 2.91. The number of rotatable bonds is 4. The highest BCUT2D eigenvalue weighted by molar-refractivity contribution is 7.92. The van der Waals surface area contributed by atoms with Gasteiger partial charge in [-0.1, -0.05) is 6.07 Å². The van der Waals surface area contributed by atoms with Crippen LogP contribution in [0.4, 0.5) is 0 Å². The van der Waals surface area contributed by atoms with Crippen molar-refractivity contribution in [2.45, 2.75) is 16.5 Å². The van der Waals surface area contributed by atoms with Crippen LogP contribution in [0.5, 0.6) is 0 Å². The molecule has 0 saturated carbocycles. The molecule has 0 fully saturated rings. The lowest BCUT2D eigenvalue weighted by Gasteiger charge is -2.03. The van der Waals surface area contributed by atoms with Crippen LogP contribution in [0.15, 0.2) is 40.1 Å². The largest absolute Gasteiger partial charge is 0.325 e. The van der Waals surface area contributed by atoms with Crippen LogP contribution < -0.4 is 5.73 Å². The lowest BCUT2D eigenvalue weighted by Crippen LogP contribution is -2.05. The average Bonchev–Trinajstić information content (AvgIpc) is 2.83. The van der Waals surface area contributed by atoms with Crippen LogP contribution in [0.25, 0.3) is 0 Å². The molecule has 0 aromatic carbocycles. The fraction of sp³-hybridized carbons (Fsp3) is 0.182. The molecular weight excluding hydrogens is 256 g/mol. The molecule has 2 heterocycles. The Bertz CT molecular complexity index is 592. The molecule has 0 spiro atoms. The zero-order chi connectivity index (χ0) is 12.3. The van der Waals surface area contributed by atoms with Gasteiger partial charge in [-0.2, -0.15) is 0 Å². The van der Waals surface area contributed by atoms with E-state index in [1.165, 1.54) is 11.3 Å². The van der Waals surface area contributed by atoms with E-state index in [0.717, 1.165) is 0 Å². The molecule has 17 heavy (non-hydrogen) atoms. The topological polar surface area (TPSA) is 73.1 Å². The first-order valence-corrected chi connectivity index (χ1v) is 7.55. The Hall–Kier alpha value is -1.24. The van der Waals surface area contributed by atoms with Gasteiger partial charge in [-0.05, 0) is 29.1 Å². The van der Waals surface area contributed by atoms with Crippen LogP contribution >= 0.6 is 11.3 Å². The Morgan fingerprint density at radius 3 is 2.82 bits per heavy atom. The SMILES string of the molecule is NCc1cc(CS(=O)(=O)c2cccs2)ccn1. The fourth-order valence-corrected chi connectivity index (χ4v) is 3.89. The Morgan fingerprint density at radius 2 is 2.18 bits per heavy atom. The summed E-state index contributed by atoms with van der Waals surface area (Å²) in [7, 11) is -3.25. The highest BCUT2D eigenvalue weighted by atomic mass is 32.2. The van der Waals surface area contributed by atoms with Gasteiger partial charge in [0.2, 0.25) is 0 Å². The molecule has 2 aromatic heterocycles. The average molecular weight is 268 g/mol. The van der Waals surface area contributed by atoms with E-state index in [1.54, 1.807) is 35.8 Å². The maximum absolute atomic E-state index is 12.0. The second-order valence-electron chi connectivity index (χ2n) is 3.55. The van der Waals surface area contributed by atoms with Crippen LogP contribution in [0.1, 0.15) is 11.3 Å². The lowest BCUT2D eigenvalue weighted by molar-refractivity contribution is 0.597. The van der Waals surface area contributed by atoms with Gasteiger partial charge in [-0.3, -0.25) is 4.98 Å². The van der Waals surface area contributed by atoms with Crippen LogP contribution in [0.2, 0.25) is 0 Å². The van der Waals surface area contributed by atoms with Crippen molar-refractivity contribution in [3.8, 4) is 0 Å². The number of hydrogen-bond acceptors (Lipinski definition) is 5. The highest BCUT2D eigenvalue weighted by Crippen LogP contribution is 2.21. The quantitative estimate of drug-likeness (QED) is 0.913. The minimum Gasteiger partial charge on any atom is -0.325 e. The molecule has 4 nitrogen and oxygen atoms in total. The molecule has 90 valence electrons. The molecule has 0 unspecified atom stereocenters. The maximum Gasteiger partial charge on any atom is 0.191 e. The first-order valence-electron chi connectivity index (χ1n) is 5.02. The lowest BCUT2D eigenvalue weighted by atomic mass is 10.2. The van der Waals surface area contributed by atoms with E-state index in [4.69, 9.17) is 5.73 Å². The molecule has 0 atom stereocenters. The summed E-state index contributed by atoms with van der Waals surface area (Å²) < 4.78 is 24.4. The minimum atomic E-state index is -3.25. The van der Waals surface area contributed by atoms with E-state index < -0.39 is 9.84 Å². The van der Waals surface area contributed by atoms with Gasteiger partial charge in [0.05, 0.1) is 11.4 Å². The first kappa shape index (κ1) is 12.2. The van der Waals surface area contributed by atoms with E-state index in [-0.39, 0.29) is 5.75 Å². The molecule has 2 N–H and O–H groups in total. The highest BCUT2D eigenvalue weighted by Gasteiger charge is 2.16. The zero-order valence-corrected chi connectivity index (χ0v) is 10.7. The molecule has 0 amide bonds. The van der Waals surface area contributed by atoms with Gasteiger partial charge in [-0.15, -0.1) is 11.3 Å². The zero-order valence-electron chi connectivity index (χ0n) is 9.04. The Morgan fingerprint density at radius 1 is 1.35 bits per heavy atom. The van der Waals surface area contributed by atoms with Gasteiger partial charge in [0.1, 0.15) is 4.21 Å². The molecule has 2 rings (SSSR count). The van der Waals surface area contributed by atoms with Crippen molar-refractivity contribution < 1.29 is 8.42 Å². The normalized spacial score (nSPS) is 11.6. The van der Waals surface area contributed by atoms with Gasteiger partial charge < -0.3 is 5.73 Å². The van der Waals surface area contributed by atoms with E-state index in [2.05, 4.69) is 4.98 Å². The van der Waals surface area contributed by atoms with Crippen LogP contribution in [-0.2, 0) is 22.1 Å². The maximum atomic E-state index is 12.0. The monoisotopic (exact) mass is 268 g/mol. The number of sulfone groups is 1. The van der Waals surface area contributed by atoms with Gasteiger partial charge in [0.25, 0.3) is 0 Å². The summed E-state index contributed by atoms with van der Waals surface area (Å²) in [5, 5.41) is 1.75. The molecule has 0 bridgehead atoms. The number of thiophene rings is 1. The molecule has 0 radical (unpaired) electrons. The van der Waals surface area contributed by atoms with Gasteiger partial charge in [0.15, 0.2) is 9.84 Å². The number of nitrogens with zero attached hydrogens (tertiary/aromatic N) is 1. The third-order valence-electron chi connectivity index (χ3n) is 2.25. The summed E-state index contributed by atoms with van der Waals surface area (Å²) in [6.45, 7) is 0.312. The van der Waals surface area contributed by atoms with Crippen molar-refractivity contribution in [1.82, 2.24) is 4.98 Å². The van der Waals surface area contributed by atoms with Gasteiger partial charge >= 0.3 is 0 Å². The summed E-state index contributed by atoms with van der Waals surface area (Å²) in [4.78, 5) is 4.03. The first-order chi connectivity index (χ1) is 8.12. The summed E-state index contributed by atoms with van der Waals surface area (Å²) in [6.07, 6.45) is 1.58. The Kier molecular flexibility index (Phi) is 3.56. The fourth-order valence-electron chi connectivity index (χ4n) is 1.46. The number of pyridine rings is 1. The van der Waals surface area contributed by atoms with Crippen molar-refractivity contribution in [2.24, 2.45) is 5.73 Å². The summed E-state index contributed by atoms with van der Waals surface area (Å²) >= 11 is 1.23. The van der Waals surface area contributed by atoms with Crippen molar-refractivity contribution >= 4 is 21.2 Å². The number of nitrogens with two attached hydrogens (primary N) is 1. The van der Waals surface area contributed by atoms with E-state index in [0.29, 0.717) is 22.0 Å². The molecule has 0 aliphatic carbocycles. The second-order valence-corrected chi connectivity index (χ2v) is 6.71. The molecule has 0 saturated heterocycles. The van der Waals surface area contributed by atoms with Crippen molar-refractivity contribution in [2.75, 3.05) is 0 Å². The molecule has 6 heteroatoms. The summed E-state index contributed by atoms with van der Waals surface area (Å²) in [6, 6.07) is 6.77. The standard InChI is InChI=1S/C11H12N2O2S2/c12-7-10-6-9(3-4-13-10)8-17(14,15)11-2-1-5-16-11/h1-6H,7-8,12H2. The Balaban J connectivity index is 2.26. The summed E-state index contributed by atoms with van der Waals surface area (Å²) in [5.74, 6) is -0.0109. The summed E-state index contributed by atoms with van der Waals surface area (Å²) in [5.41, 5.74) is 6.88. The Labute approximate surface area is 104 Å². The third-order valence-corrected chi connectivity index (χ3v) is 5.42. The molecule has 2 aromatic rings. The second kappa shape index (κ2) is 4.95. The van der Waals surface area contributed by atoms with E-state index in [9.17, 15) is 8.42 Å². The molecule has 0 aliphatic heterocycles. The molecular formula is C11H12N2O2S2. The van der Waals surface area contributed by atoms with E-state index in [1.807, 2.05) is 0 Å². The number of hydrogen-bond donors (Lipinski definition) is 1. The van der Waals surface area contributed by atoms with Crippen molar-refractivity contribution in [3.63, 3.8) is 0 Å². The smallest absolute Gasteiger partial charge is 0.191 e. The number of aromatic nitrogens is 1. The van der Waals surface area contributed by atoms with E-state index >= 15 is 0 Å². The van der Waals surface area contributed by atoms with Crippen molar-refractivity contribution in [1.29, 1.82) is 0 Å². The molecule has 0 aliphatic rings. The van der Waals surface area contributed by atoms with Gasteiger partial charge in [0, 0.05) is 12.7 Å². The minimum absolute atomic E-state index is 0.0109. The predicted molar refractivity (Wildman–Crippen MR) is 67.3 cm³/mol. The van der Waals surface area contributed by atoms with Crippen LogP contribution in [0, 0.1) is 0 Å². The van der Waals surface area contributed by atoms with Gasteiger partial charge in [-0.25, -0.2) is 8.42 Å².